The normalized spacial score (nSPS) is 11.3. The van der Waals surface area contributed by atoms with Crippen molar-refractivity contribution in [3.63, 3.8) is 0 Å². The average molecular weight is 217 g/mol. The molecule has 1 rings (SSSR count). The highest BCUT2D eigenvalue weighted by Gasteiger charge is 2.01. The number of halogens is 2. The molecule has 0 atom stereocenters. The summed E-state index contributed by atoms with van der Waals surface area (Å²) >= 11 is 5.58. The van der Waals surface area contributed by atoms with Gasteiger partial charge in [0.2, 0.25) is 5.96 Å². The molecule has 6 heteroatoms. The van der Waals surface area contributed by atoms with Crippen LogP contribution in [0.5, 0.6) is 0 Å². The zero-order valence-electron chi connectivity index (χ0n) is 7.51. The number of benzene rings is 1. The van der Waals surface area contributed by atoms with Gasteiger partial charge in [-0.15, -0.1) is 0 Å². The van der Waals surface area contributed by atoms with E-state index in [0.29, 0.717) is 11.6 Å². The molecule has 0 aromatic heterocycles. The number of hydrogen-bond acceptors (Lipinski definition) is 2. The molecule has 0 spiro atoms. The average Bonchev–Trinajstić information content (AvgIpc) is 2.19. The van der Waals surface area contributed by atoms with Crippen molar-refractivity contribution in [3.05, 3.63) is 29.0 Å². The van der Waals surface area contributed by atoms with E-state index in [9.17, 15) is 4.39 Å². The molecule has 0 aliphatic carbocycles. The summed E-state index contributed by atoms with van der Waals surface area (Å²) in [5.41, 5.74) is 2.94. The molecule has 0 aliphatic rings. The molecule has 0 saturated carbocycles. The number of nitrogens with zero attached hydrogens (tertiary/aromatic N) is 1. The monoisotopic (exact) mass is 216 g/mol. The molecule has 4 nitrogen and oxygen atoms in total. The minimum absolute atomic E-state index is 0.0440. The van der Waals surface area contributed by atoms with Gasteiger partial charge in [0.25, 0.3) is 0 Å². The van der Waals surface area contributed by atoms with E-state index >= 15 is 0 Å². The molecule has 76 valence electrons. The van der Waals surface area contributed by atoms with E-state index in [1.165, 1.54) is 18.2 Å². The Balaban J connectivity index is 2.82. The van der Waals surface area contributed by atoms with E-state index in [4.69, 9.17) is 17.4 Å². The first-order valence-corrected chi connectivity index (χ1v) is 4.20. The molecule has 0 radical (unpaired) electrons. The number of aliphatic imine (C=N–C) groups is 1. The number of hydrogen-bond donors (Lipinski definition) is 3. The first-order chi connectivity index (χ1) is 6.67. The third-order valence-electron chi connectivity index (χ3n) is 1.54. The number of hydrazine groups is 1. The number of anilines is 1. The molecule has 0 fully saturated rings. The van der Waals surface area contributed by atoms with Crippen LogP contribution in [0.4, 0.5) is 10.1 Å². The molecule has 0 aliphatic heterocycles. The maximum Gasteiger partial charge on any atom is 0.209 e. The Kier molecular flexibility index (Phi) is 3.67. The van der Waals surface area contributed by atoms with E-state index in [1.54, 1.807) is 7.05 Å². The zero-order valence-corrected chi connectivity index (χ0v) is 8.27. The van der Waals surface area contributed by atoms with Crippen molar-refractivity contribution in [1.29, 1.82) is 0 Å². The Morgan fingerprint density at radius 2 is 2.29 bits per heavy atom. The molecular formula is C8H10ClFN4. The first kappa shape index (κ1) is 10.7. The lowest BCUT2D eigenvalue weighted by Crippen LogP contribution is -2.36. The summed E-state index contributed by atoms with van der Waals surface area (Å²) in [5.74, 6) is 5.05. The molecule has 14 heavy (non-hydrogen) atoms. The molecular weight excluding hydrogens is 207 g/mol. The van der Waals surface area contributed by atoms with E-state index < -0.39 is 5.82 Å². The summed E-state index contributed by atoms with van der Waals surface area (Å²) in [4.78, 5) is 3.79. The minimum atomic E-state index is -0.465. The SMILES string of the molecule is CN=C(NN)Nc1ccc(F)c(Cl)c1. The summed E-state index contributed by atoms with van der Waals surface area (Å²) in [6.45, 7) is 0. The Hall–Kier alpha value is -1.33. The maximum absolute atomic E-state index is 12.8. The highest BCUT2D eigenvalue weighted by molar-refractivity contribution is 6.31. The number of nitrogens with one attached hydrogen (secondary N) is 2. The fraction of sp³-hybridized carbons (Fsp3) is 0.125. The fourth-order valence-electron chi connectivity index (χ4n) is 0.867. The molecule has 0 bridgehead atoms. The van der Waals surface area contributed by atoms with Gasteiger partial charge in [-0.1, -0.05) is 11.6 Å². The van der Waals surface area contributed by atoms with Crippen LogP contribution in [0, 0.1) is 5.82 Å². The molecule has 0 saturated heterocycles. The third-order valence-corrected chi connectivity index (χ3v) is 1.83. The van der Waals surface area contributed by atoms with E-state index in [-0.39, 0.29) is 5.02 Å². The lowest BCUT2D eigenvalue weighted by Gasteiger charge is -2.08. The summed E-state index contributed by atoms with van der Waals surface area (Å²) in [7, 11) is 1.56. The van der Waals surface area contributed by atoms with Gasteiger partial charge in [0.15, 0.2) is 0 Å². The second-order valence-electron chi connectivity index (χ2n) is 2.47. The molecule has 0 heterocycles. The Bertz CT molecular complexity index is 353. The Morgan fingerprint density at radius 3 is 2.79 bits per heavy atom. The predicted molar refractivity (Wildman–Crippen MR) is 55.7 cm³/mol. The van der Waals surface area contributed by atoms with Crippen molar-refractivity contribution in [2.45, 2.75) is 0 Å². The molecule has 4 N–H and O–H groups in total. The van der Waals surface area contributed by atoms with Gasteiger partial charge in [-0.3, -0.25) is 10.4 Å². The molecule has 1 aromatic rings. The highest BCUT2D eigenvalue weighted by atomic mass is 35.5. The van der Waals surface area contributed by atoms with Crippen LogP contribution in [0.25, 0.3) is 0 Å². The van der Waals surface area contributed by atoms with Gasteiger partial charge in [-0.05, 0) is 18.2 Å². The lowest BCUT2D eigenvalue weighted by atomic mass is 10.3. The second kappa shape index (κ2) is 4.78. The Morgan fingerprint density at radius 1 is 1.57 bits per heavy atom. The van der Waals surface area contributed by atoms with Gasteiger partial charge < -0.3 is 5.32 Å². The predicted octanol–water partition coefficient (Wildman–Crippen LogP) is 1.34. The van der Waals surface area contributed by atoms with E-state index in [1.807, 2.05) is 0 Å². The van der Waals surface area contributed by atoms with Gasteiger partial charge in [0.05, 0.1) is 5.02 Å². The van der Waals surface area contributed by atoms with Crippen molar-refractivity contribution in [3.8, 4) is 0 Å². The van der Waals surface area contributed by atoms with Gasteiger partial charge in [0, 0.05) is 12.7 Å². The van der Waals surface area contributed by atoms with Crippen LogP contribution in [0.1, 0.15) is 0 Å². The van der Waals surface area contributed by atoms with Crippen LogP contribution < -0.4 is 16.6 Å². The van der Waals surface area contributed by atoms with Gasteiger partial charge in [-0.25, -0.2) is 10.2 Å². The van der Waals surface area contributed by atoms with E-state index in [2.05, 4.69) is 15.7 Å². The molecule has 0 amide bonds. The fourth-order valence-corrected chi connectivity index (χ4v) is 1.05. The Labute approximate surface area is 85.9 Å². The maximum atomic E-state index is 12.8. The quantitative estimate of drug-likeness (QED) is 0.287. The number of rotatable bonds is 1. The van der Waals surface area contributed by atoms with Crippen LogP contribution in [-0.4, -0.2) is 13.0 Å². The summed E-state index contributed by atoms with van der Waals surface area (Å²) < 4.78 is 12.8. The topological polar surface area (TPSA) is 62.4 Å². The summed E-state index contributed by atoms with van der Waals surface area (Å²) in [5, 5.41) is 2.85. The van der Waals surface area contributed by atoms with E-state index in [0.717, 1.165) is 0 Å². The van der Waals surface area contributed by atoms with Gasteiger partial charge in [-0.2, -0.15) is 0 Å². The molecule has 1 aromatic carbocycles. The number of guanidine groups is 1. The first-order valence-electron chi connectivity index (χ1n) is 3.83. The lowest BCUT2D eigenvalue weighted by molar-refractivity contribution is 0.628. The second-order valence-corrected chi connectivity index (χ2v) is 2.88. The highest BCUT2D eigenvalue weighted by Crippen LogP contribution is 2.18. The minimum Gasteiger partial charge on any atom is -0.325 e. The summed E-state index contributed by atoms with van der Waals surface area (Å²) in [6, 6.07) is 4.23. The standard InChI is InChI=1S/C8H10ClFN4/c1-12-8(14-11)13-5-2-3-7(10)6(9)4-5/h2-4H,11H2,1H3,(H2,12,13,14). The third kappa shape index (κ3) is 2.58. The van der Waals surface area contributed by atoms with Crippen LogP contribution in [0.3, 0.4) is 0 Å². The van der Waals surface area contributed by atoms with Crippen LogP contribution in [-0.2, 0) is 0 Å². The van der Waals surface area contributed by atoms with Gasteiger partial charge >= 0.3 is 0 Å². The zero-order chi connectivity index (χ0) is 10.6. The van der Waals surface area contributed by atoms with Crippen molar-refractivity contribution in [1.82, 2.24) is 5.43 Å². The van der Waals surface area contributed by atoms with Crippen LogP contribution in [0.15, 0.2) is 23.2 Å². The van der Waals surface area contributed by atoms with Crippen molar-refractivity contribution in [2.24, 2.45) is 10.8 Å². The van der Waals surface area contributed by atoms with Crippen molar-refractivity contribution < 1.29 is 4.39 Å². The van der Waals surface area contributed by atoms with Crippen molar-refractivity contribution in [2.75, 3.05) is 12.4 Å². The van der Waals surface area contributed by atoms with Gasteiger partial charge in [0.1, 0.15) is 5.82 Å². The smallest absolute Gasteiger partial charge is 0.209 e. The number of nitrogens with two attached hydrogens (primary N) is 1. The van der Waals surface area contributed by atoms with Crippen molar-refractivity contribution >= 4 is 23.2 Å². The largest absolute Gasteiger partial charge is 0.325 e. The summed E-state index contributed by atoms with van der Waals surface area (Å²) in [6.07, 6.45) is 0. The van der Waals surface area contributed by atoms with Crippen LogP contribution >= 0.6 is 11.6 Å². The van der Waals surface area contributed by atoms with Crippen LogP contribution in [0.2, 0.25) is 5.02 Å². The molecule has 0 unspecified atom stereocenters.